The Balaban J connectivity index is 1.79. The Morgan fingerprint density at radius 2 is 2.47 bits per heavy atom. The summed E-state index contributed by atoms with van der Waals surface area (Å²) in [7, 11) is 2.14. The van der Waals surface area contributed by atoms with Crippen LogP contribution < -0.4 is 10.2 Å². The Hall–Kier alpha value is -0.650. The molecule has 1 unspecified atom stereocenters. The highest BCUT2D eigenvalue weighted by molar-refractivity contribution is 7.15. The fourth-order valence-electron chi connectivity index (χ4n) is 2.36. The molecule has 19 heavy (non-hydrogen) atoms. The van der Waals surface area contributed by atoms with Gasteiger partial charge in [0.25, 0.3) is 0 Å². The van der Waals surface area contributed by atoms with Crippen molar-refractivity contribution in [2.45, 2.75) is 32.7 Å². The zero-order valence-corrected chi connectivity index (χ0v) is 12.8. The van der Waals surface area contributed by atoms with Crippen molar-refractivity contribution < 1.29 is 4.74 Å². The van der Waals surface area contributed by atoms with Gasteiger partial charge in [0.1, 0.15) is 0 Å². The zero-order chi connectivity index (χ0) is 13.5. The summed E-state index contributed by atoms with van der Waals surface area (Å²) in [6, 6.07) is 0. The molecule has 0 radical (unpaired) electrons. The monoisotopic (exact) mass is 283 g/mol. The van der Waals surface area contributed by atoms with Gasteiger partial charge in [0, 0.05) is 37.8 Å². The second kappa shape index (κ2) is 7.82. The van der Waals surface area contributed by atoms with Crippen LogP contribution in [0.1, 0.15) is 31.1 Å². The molecule has 1 aromatic rings. The first-order valence-electron chi connectivity index (χ1n) is 7.24. The van der Waals surface area contributed by atoms with Crippen molar-refractivity contribution in [2.75, 3.05) is 38.3 Å². The SMILES string of the molecule is CCCNCc1cnc(N(C)CC2CCCOC2)s1. The van der Waals surface area contributed by atoms with Gasteiger partial charge in [-0.1, -0.05) is 6.92 Å². The molecule has 0 spiro atoms. The van der Waals surface area contributed by atoms with Gasteiger partial charge >= 0.3 is 0 Å². The number of nitrogens with one attached hydrogen (secondary N) is 1. The highest BCUT2D eigenvalue weighted by Gasteiger charge is 2.17. The average Bonchev–Trinajstić information content (AvgIpc) is 2.89. The molecule has 108 valence electrons. The molecule has 2 heterocycles. The van der Waals surface area contributed by atoms with Crippen molar-refractivity contribution in [3.05, 3.63) is 11.1 Å². The minimum absolute atomic E-state index is 0.657. The number of hydrogen-bond acceptors (Lipinski definition) is 5. The van der Waals surface area contributed by atoms with Gasteiger partial charge in [-0.05, 0) is 31.7 Å². The molecule has 1 atom stereocenters. The van der Waals surface area contributed by atoms with Crippen LogP contribution in [0, 0.1) is 5.92 Å². The van der Waals surface area contributed by atoms with E-state index in [1.807, 2.05) is 6.20 Å². The Kier molecular flexibility index (Phi) is 6.07. The summed E-state index contributed by atoms with van der Waals surface area (Å²) >= 11 is 1.79. The lowest BCUT2D eigenvalue weighted by Gasteiger charge is -2.26. The van der Waals surface area contributed by atoms with Crippen LogP contribution in [0.25, 0.3) is 0 Å². The quantitative estimate of drug-likeness (QED) is 0.780. The molecule has 0 aliphatic carbocycles. The number of ether oxygens (including phenoxy) is 1. The molecule has 1 aliphatic rings. The highest BCUT2D eigenvalue weighted by atomic mass is 32.1. The maximum Gasteiger partial charge on any atom is 0.185 e. The molecular weight excluding hydrogens is 258 g/mol. The summed E-state index contributed by atoms with van der Waals surface area (Å²) in [4.78, 5) is 8.11. The summed E-state index contributed by atoms with van der Waals surface area (Å²) < 4.78 is 5.54. The number of aromatic nitrogens is 1. The highest BCUT2D eigenvalue weighted by Crippen LogP contribution is 2.23. The molecule has 1 saturated heterocycles. The lowest BCUT2D eigenvalue weighted by Crippen LogP contribution is -2.30. The Morgan fingerprint density at radius 3 is 3.21 bits per heavy atom. The van der Waals surface area contributed by atoms with Gasteiger partial charge in [-0.25, -0.2) is 4.98 Å². The first kappa shape index (κ1) is 14.8. The van der Waals surface area contributed by atoms with Gasteiger partial charge in [-0.2, -0.15) is 0 Å². The summed E-state index contributed by atoms with van der Waals surface area (Å²) in [5, 5.41) is 4.54. The van der Waals surface area contributed by atoms with Crippen molar-refractivity contribution in [1.29, 1.82) is 0 Å². The third kappa shape index (κ3) is 4.75. The third-order valence-corrected chi connectivity index (χ3v) is 4.49. The van der Waals surface area contributed by atoms with E-state index in [1.165, 1.54) is 24.1 Å². The molecule has 1 fully saturated rings. The van der Waals surface area contributed by atoms with Crippen LogP contribution in [0.5, 0.6) is 0 Å². The van der Waals surface area contributed by atoms with Gasteiger partial charge in [0.05, 0.1) is 6.61 Å². The summed E-state index contributed by atoms with van der Waals surface area (Å²) in [6.07, 6.45) is 5.65. The molecular formula is C14H25N3OS. The third-order valence-electron chi connectivity index (χ3n) is 3.38. The lowest BCUT2D eigenvalue weighted by molar-refractivity contribution is 0.0576. The first-order chi connectivity index (χ1) is 9.29. The average molecular weight is 283 g/mol. The Morgan fingerprint density at radius 1 is 1.58 bits per heavy atom. The maximum absolute atomic E-state index is 5.54. The van der Waals surface area contributed by atoms with E-state index in [9.17, 15) is 0 Å². The number of rotatable bonds is 7. The number of hydrogen-bond donors (Lipinski definition) is 1. The van der Waals surface area contributed by atoms with E-state index >= 15 is 0 Å². The number of nitrogens with zero attached hydrogens (tertiary/aromatic N) is 2. The smallest absolute Gasteiger partial charge is 0.185 e. The predicted molar refractivity (Wildman–Crippen MR) is 80.9 cm³/mol. The van der Waals surface area contributed by atoms with Crippen molar-refractivity contribution in [3.63, 3.8) is 0 Å². The van der Waals surface area contributed by atoms with Gasteiger partial charge in [0.2, 0.25) is 0 Å². The summed E-state index contributed by atoms with van der Waals surface area (Å²) in [6.45, 7) is 7.08. The van der Waals surface area contributed by atoms with Crippen LogP contribution >= 0.6 is 11.3 Å². The van der Waals surface area contributed by atoms with Gasteiger partial charge in [-0.3, -0.25) is 0 Å². The topological polar surface area (TPSA) is 37.4 Å². The van der Waals surface area contributed by atoms with E-state index in [0.717, 1.165) is 38.0 Å². The van der Waals surface area contributed by atoms with Crippen LogP contribution in [0.15, 0.2) is 6.20 Å². The minimum atomic E-state index is 0.657. The molecule has 1 N–H and O–H groups in total. The van der Waals surface area contributed by atoms with E-state index < -0.39 is 0 Å². The molecule has 0 saturated carbocycles. The molecule has 0 aromatic carbocycles. The normalized spacial score (nSPS) is 19.6. The Bertz CT molecular complexity index is 363. The zero-order valence-electron chi connectivity index (χ0n) is 12.0. The van der Waals surface area contributed by atoms with Crippen molar-refractivity contribution >= 4 is 16.5 Å². The van der Waals surface area contributed by atoms with Crippen molar-refractivity contribution in [1.82, 2.24) is 10.3 Å². The van der Waals surface area contributed by atoms with Crippen molar-refractivity contribution in [2.24, 2.45) is 5.92 Å². The van der Waals surface area contributed by atoms with Crippen LogP contribution in [0.2, 0.25) is 0 Å². The second-order valence-corrected chi connectivity index (χ2v) is 6.34. The largest absolute Gasteiger partial charge is 0.381 e. The van der Waals surface area contributed by atoms with E-state index in [4.69, 9.17) is 4.74 Å². The lowest BCUT2D eigenvalue weighted by atomic mass is 10.0. The second-order valence-electron chi connectivity index (χ2n) is 5.25. The van der Waals surface area contributed by atoms with Gasteiger partial charge < -0.3 is 15.0 Å². The summed E-state index contributed by atoms with van der Waals surface area (Å²) in [5.41, 5.74) is 0. The van der Waals surface area contributed by atoms with E-state index in [1.54, 1.807) is 11.3 Å². The molecule has 4 nitrogen and oxygen atoms in total. The molecule has 0 bridgehead atoms. The van der Waals surface area contributed by atoms with E-state index in [2.05, 4.69) is 29.2 Å². The standard InChI is InChI=1S/C14H25N3OS/c1-3-6-15-8-13-9-16-14(19-13)17(2)10-12-5-4-7-18-11-12/h9,12,15H,3-8,10-11H2,1-2H3. The fraction of sp³-hybridized carbons (Fsp3) is 0.786. The summed E-state index contributed by atoms with van der Waals surface area (Å²) in [5.74, 6) is 0.657. The van der Waals surface area contributed by atoms with Gasteiger partial charge in [0.15, 0.2) is 5.13 Å². The Labute approximate surface area is 120 Å². The number of thiazole rings is 1. The van der Waals surface area contributed by atoms with E-state index in [0.29, 0.717) is 5.92 Å². The predicted octanol–water partition coefficient (Wildman–Crippen LogP) is 2.51. The molecule has 2 rings (SSSR count). The fourth-order valence-corrected chi connectivity index (χ4v) is 3.21. The van der Waals surface area contributed by atoms with Crippen LogP contribution in [-0.4, -0.2) is 38.3 Å². The minimum Gasteiger partial charge on any atom is -0.381 e. The molecule has 5 heteroatoms. The number of anilines is 1. The van der Waals surface area contributed by atoms with Gasteiger partial charge in [-0.15, -0.1) is 11.3 Å². The van der Waals surface area contributed by atoms with E-state index in [-0.39, 0.29) is 0 Å². The van der Waals surface area contributed by atoms with Crippen LogP contribution in [-0.2, 0) is 11.3 Å². The molecule has 0 amide bonds. The maximum atomic E-state index is 5.54. The molecule has 1 aromatic heterocycles. The van der Waals surface area contributed by atoms with Crippen LogP contribution in [0.4, 0.5) is 5.13 Å². The molecule has 1 aliphatic heterocycles. The van der Waals surface area contributed by atoms with Crippen molar-refractivity contribution in [3.8, 4) is 0 Å². The van der Waals surface area contributed by atoms with Crippen LogP contribution in [0.3, 0.4) is 0 Å². The first-order valence-corrected chi connectivity index (χ1v) is 8.05.